The zero-order valence-electron chi connectivity index (χ0n) is 9.72. The minimum Gasteiger partial charge on any atom is -0.242 e. The van der Waals surface area contributed by atoms with E-state index >= 15 is 0 Å². The Bertz CT molecular complexity index is 528. The topological polar surface area (TPSA) is 52.6 Å². The summed E-state index contributed by atoms with van der Waals surface area (Å²) in [5, 5.41) is 0. The van der Waals surface area contributed by atoms with Gasteiger partial charge in [0.15, 0.2) is 0 Å². The molecule has 2 rings (SSSR count). The molecule has 0 unspecified atom stereocenters. The van der Waals surface area contributed by atoms with E-state index in [9.17, 15) is 9.59 Å². The van der Waals surface area contributed by atoms with E-state index < -0.39 is 11.9 Å². The summed E-state index contributed by atoms with van der Waals surface area (Å²) < 4.78 is 0. The predicted molar refractivity (Wildman–Crippen MR) is 64.3 cm³/mol. The number of benzene rings is 1. The van der Waals surface area contributed by atoms with Gasteiger partial charge in [0.25, 0.3) is 0 Å². The molecule has 0 amide bonds. The lowest BCUT2D eigenvalue weighted by Crippen LogP contribution is -2.16. The first-order valence-corrected chi connectivity index (χ1v) is 5.52. The van der Waals surface area contributed by atoms with Gasteiger partial charge in [-0.3, -0.25) is 0 Å². The lowest BCUT2D eigenvalue weighted by atomic mass is 9.92. The van der Waals surface area contributed by atoms with Crippen LogP contribution in [-0.4, -0.2) is 11.9 Å². The molecule has 1 aromatic rings. The lowest BCUT2D eigenvalue weighted by Gasteiger charge is -2.14. The maximum Gasteiger partial charge on any atom is 0.382 e. The highest BCUT2D eigenvalue weighted by Crippen LogP contribution is 2.21. The van der Waals surface area contributed by atoms with Gasteiger partial charge in [0, 0.05) is 18.1 Å². The summed E-state index contributed by atoms with van der Waals surface area (Å²) in [6.45, 7) is 3.20. The van der Waals surface area contributed by atoms with Gasteiger partial charge >= 0.3 is 11.9 Å². The molecule has 0 saturated carbocycles. The van der Waals surface area contributed by atoms with E-state index in [-0.39, 0.29) is 0 Å². The van der Waals surface area contributed by atoms with Crippen molar-refractivity contribution in [3.05, 3.63) is 59.7 Å². The van der Waals surface area contributed by atoms with Crippen LogP contribution in [0.5, 0.6) is 0 Å². The fraction of sp³-hybridized carbons (Fsp3) is 0.143. The molecule has 4 heteroatoms. The molecule has 92 valence electrons. The summed E-state index contributed by atoms with van der Waals surface area (Å²) in [7, 11) is 0. The number of fused-ring (bicyclic) bond motifs is 1. The van der Waals surface area contributed by atoms with Crippen LogP contribution >= 0.6 is 0 Å². The third kappa shape index (κ3) is 2.66. The zero-order valence-corrected chi connectivity index (χ0v) is 9.72. The first kappa shape index (κ1) is 12.1. The van der Waals surface area contributed by atoms with Gasteiger partial charge < -0.3 is 0 Å². The largest absolute Gasteiger partial charge is 0.382 e. The lowest BCUT2D eigenvalue weighted by molar-refractivity contribution is -0.251. The van der Waals surface area contributed by atoms with Crippen LogP contribution in [-0.2, 0) is 32.2 Å². The molecule has 0 bridgehead atoms. The highest BCUT2D eigenvalue weighted by molar-refractivity contribution is 5.90. The van der Waals surface area contributed by atoms with Crippen molar-refractivity contribution in [2.24, 2.45) is 0 Å². The van der Waals surface area contributed by atoms with E-state index in [0.717, 1.165) is 11.6 Å². The van der Waals surface area contributed by atoms with Gasteiger partial charge in [0.2, 0.25) is 0 Å². The standard InChI is InChI=1S/C14H12O4/c1-2-13(15)17-18-14(16)12-8-7-10-5-3-4-6-11(10)9-12/h2-6,8H,1,7,9H2. The van der Waals surface area contributed by atoms with Crippen molar-refractivity contribution >= 4 is 11.9 Å². The van der Waals surface area contributed by atoms with Crippen LogP contribution in [0.3, 0.4) is 0 Å². The Morgan fingerprint density at radius 2 is 1.89 bits per heavy atom. The van der Waals surface area contributed by atoms with Crippen molar-refractivity contribution in [3.8, 4) is 0 Å². The van der Waals surface area contributed by atoms with Crippen molar-refractivity contribution in [2.75, 3.05) is 0 Å². The molecule has 18 heavy (non-hydrogen) atoms. The van der Waals surface area contributed by atoms with Crippen LogP contribution in [0.2, 0.25) is 0 Å². The number of carbonyl (C=O) groups excluding carboxylic acids is 2. The molecule has 0 fully saturated rings. The second-order valence-electron chi connectivity index (χ2n) is 3.86. The van der Waals surface area contributed by atoms with E-state index in [4.69, 9.17) is 0 Å². The Labute approximate surface area is 104 Å². The molecule has 0 aliphatic heterocycles. The number of allylic oxidation sites excluding steroid dienone is 1. The van der Waals surface area contributed by atoms with Crippen molar-refractivity contribution < 1.29 is 19.4 Å². The molecule has 0 radical (unpaired) electrons. The number of rotatable bonds is 2. The fourth-order valence-electron chi connectivity index (χ4n) is 1.76. The number of hydrogen-bond acceptors (Lipinski definition) is 4. The average molecular weight is 244 g/mol. The van der Waals surface area contributed by atoms with E-state index in [2.05, 4.69) is 16.4 Å². The first-order valence-electron chi connectivity index (χ1n) is 5.52. The molecule has 1 aliphatic rings. The third-order valence-electron chi connectivity index (χ3n) is 2.70. The molecule has 0 saturated heterocycles. The molecule has 0 atom stereocenters. The molecule has 0 spiro atoms. The Balaban J connectivity index is 2.00. The van der Waals surface area contributed by atoms with Gasteiger partial charge in [0.1, 0.15) is 0 Å². The SMILES string of the molecule is C=CC(=O)OOC(=O)C1=CCc2ccccc2C1. The maximum absolute atomic E-state index is 11.6. The molecule has 0 N–H and O–H groups in total. The van der Waals surface area contributed by atoms with Gasteiger partial charge in [-0.15, -0.1) is 0 Å². The summed E-state index contributed by atoms with van der Waals surface area (Å²) in [4.78, 5) is 31.1. The molecule has 1 aliphatic carbocycles. The highest BCUT2D eigenvalue weighted by atomic mass is 17.2. The van der Waals surface area contributed by atoms with E-state index in [0.29, 0.717) is 18.4 Å². The smallest absolute Gasteiger partial charge is 0.242 e. The van der Waals surface area contributed by atoms with Gasteiger partial charge in [0.05, 0.1) is 0 Å². The Hall–Kier alpha value is -2.36. The zero-order chi connectivity index (χ0) is 13.0. The van der Waals surface area contributed by atoms with Crippen molar-refractivity contribution in [3.63, 3.8) is 0 Å². The minimum atomic E-state index is -0.792. The summed E-state index contributed by atoms with van der Waals surface area (Å²) in [6.07, 6.45) is 3.88. The van der Waals surface area contributed by atoms with E-state index in [1.807, 2.05) is 24.3 Å². The number of carbonyl (C=O) groups is 2. The third-order valence-corrected chi connectivity index (χ3v) is 2.70. The number of hydrogen-bond donors (Lipinski definition) is 0. The summed E-state index contributed by atoms with van der Waals surface area (Å²) in [6, 6.07) is 7.86. The van der Waals surface area contributed by atoms with Crippen LogP contribution < -0.4 is 0 Å². The Morgan fingerprint density at radius 1 is 1.17 bits per heavy atom. The average Bonchev–Trinajstić information content (AvgIpc) is 2.43. The van der Waals surface area contributed by atoms with Gasteiger partial charge in [-0.2, -0.15) is 0 Å². The van der Waals surface area contributed by atoms with Crippen LogP contribution in [0.15, 0.2) is 48.6 Å². The van der Waals surface area contributed by atoms with Crippen LogP contribution in [0.25, 0.3) is 0 Å². The summed E-state index contributed by atoms with van der Waals surface area (Å²) >= 11 is 0. The second kappa shape index (κ2) is 5.31. The summed E-state index contributed by atoms with van der Waals surface area (Å²) in [5.41, 5.74) is 2.77. The van der Waals surface area contributed by atoms with E-state index in [1.165, 1.54) is 5.56 Å². The first-order chi connectivity index (χ1) is 8.70. The van der Waals surface area contributed by atoms with Crippen LogP contribution in [0.4, 0.5) is 0 Å². The fourth-order valence-corrected chi connectivity index (χ4v) is 1.76. The molecule has 0 aromatic heterocycles. The molecule has 1 aromatic carbocycles. The van der Waals surface area contributed by atoms with Crippen molar-refractivity contribution in [1.82, 2.24) is 0 Å². The highest BCUT2D eigenvalue weighted by Gasteiger charge is 2.19. The molecule has 4 nitrogen and oxygen atoms in total. The molecular formula is C14H12O4. The normalized spacial score (nSPS) is 13.0. The van der Waals surface area contributed by atoms with Crippen molar-refractivity contribution in [1.29, 1.82) is 0 Å². The van der Waals surface area contributed by atoms with Gasteiger partial charge in [-0.25, -0.2) is 19.4 Å². The van der Waals surface area contributed by atoms with Gasteiger partial charge in [-0.1, -0.05) is 36.9 Å². The predicted octanol–water partition coefficient (Wildman–Crippen LogP) is 1.90. The van der Waals surface area contributed by atoms with Crippen LogP contribution in [0, 0.1) is 0 Å². The Kier molecular flexibility index (Phi) is 3.57. The maximum atomic E-state index is 11.6. The molecular weight excluding hydrogens is 232 g/mol. The van der Waals surface area contributed by atoms with Crippen molar-refractivity contribution in [2.45, 2.75) is 12.8 Å². The minimum absolute atomic E-state index is 0.487. The summed E-state index contributed by atoms with van der Waals surface area (Å²) in [5.74, 6) is -1.43. The van der Waals surface area contributed by atoms with Crippen LogP contribution in [0.1, 0.15) is 11.1 Å². The molecule has 0 heterocycles. The van der Waals surface area contributed by atoms with Gasteiger partial charge in [-0.05, 0) is 17.5 Å². The monoisotopic (exact) mass is 244 g/mol. The quantitative estimate of drug-likeness (QED) is 0.453. The Morgan fingerprint density at radius 3 is 2.61 bits per heavy atom. The second-order valence-corrected chi connectivity index (χ2v) is 3.86. The van der Waals surface area contributed by atoms with E-state index in [1.54, 1.807) is 6.08 Å².